The number of nitrogens with zero attached hydrogens (tertiary/aromatic N) is 4. The van der Waals surface area contributed by atoms with Gasteiger partial charge in [0.05, 0.1) is 12.3 Å². The minimum Gasteiger partial charge on any atom is -0.493 e. The highest BCUT2D eigenvalue weighted by atomic mass is 19.1. The summed E-state index contributed by atoms with van der Waals surface area (Å²) in [7, 11) is 1.57. The number of anilines is 3. The Morgan fingerprint density at radius 1 is 1.22 bits per heavy atom. The molecule has 2 aliphatic heterocycles. The fourth-order valence-electron chi connectivity index (χ4n) is 4.99. The number of likely N-dealkylation sites (N-methyl/N-ethyl adjacent to an activating group) is 1. The standard InChI is InChI=1S/C32H45FN8O5/c1-4-26-30(36-23-11-16-45-17-12-23)39-31(28(38-26)29(34)43)37-24-8-5-9-25(18-24)46-15-7-13-35-32(44)21(2)40(3)27(42)10-6-14-41-19-22(33)20-41/h5-6,8-10,18,21-23H,4,7,11-17,19-20H2,1-3H3,(H2,34,43)(H,35,44)(H2,36,37,39)/b10-6+/t21-/m0/s1. The largest absolute Gasteiger partial charge is 0.493 e. The summed E-state index contributed by atoms with van der Waals surface area (Å²) < 4.78 is 24.3. The first kappa shape index (κ1) is 34.6. The predicted molar refractivity (Wildman–Crippen MR) is 173 cm³/mol. The van der Waals surface area contributed by atoms with Crippen LogP contribution in [0.4, 0.5) is 21.7 Å². The van der Waals surface area contributed by atoms with Gasteiger partial charge in [-0.3, -0.25) is 19.3 Å². The van der Waals surface area contributed by atoms with Gasteiger partial charge in [0.15, 0.2) is 17.3 Å². The summed E-state index contributed by atoms with van der Waals surface area (Å²) >= 11 is 0. The fraction of sp³-hybridized carbons (Fsp3) is 0.531. The molecule has 1 atom stereocenters. The number of nitrogens with two attached hydrogens (primary N) is 1. The van der Waals surface area contributed by atoms with Gasteiger partial charge in [-0.25, -0.2) is 14.4 Å². The molecule has 14 heteroatoms. The van der Waals surface area contributed by atoms with Crippen LogP contribution in [0, 0.1) is 0 Å². The maximum Gasteiger partial charge on any atom is 0.271 e. The number of halogens is 1. The number of aryl methyl sites for hydroxylation is 1. The van der Waals surface area contributed by atoms with E-state index in [2.05, 4.69) is 20.9 Å². The Kier molecular flexibility index (Phi) is 12.7. The Morgan fingerprint density at radius 3 is 2.67 bits per heavy atom. The zero-order valence-electron chi connectivity index (χ0n) is 26.8. The molecule has 0 saturated carbocycles. The van der Waals surface area contributed by atoms with Crippen LogP contribution >= 0.6 is 0 Å². The van der Waals surface area contributed by atoms with Gasteiger partial charge < -0.3 is 36.1 Å². The van der Waals surface area contributed by atoms with Crippen molar-refractivity contribution in [2.75, 3.05) is 63.7 Å². The summed E-state index contributed by atoms with van der Waals surface area (Å²) in [5.74, 6) is 0.193. The van der Waals surface area contributed by atoms with Crippen LogP contribution in [0.3, 0.4) is 0 Å². The van der Waals surface area contributed by atoms with Crippen LogP contribution in [-0.2, 0) is 20.7 Å². The molecule has 0 aliphatic carbocycles. The van der Waals surface area contributed by atoms with Crippen LogP contribution in [0.25, 0.3) is 0 Å². The number of rotatable bonds is 16. The van der Waals surface area contributed by atoms with Crippen molar-refractivity contribution in [1.29, 1.82) is 0 Å². The number of hydrogen-bond acceptors (Lipinski definition) is 10. The molecular formula is C32H45FN8O5. The van der Waals surface area contributed by atoms with E-state index in [0.29, 0.717) is 81.8 Å². The van der Waals surface area contributed by atoms with Crippen molar-refractivity contribution in [1.82, 2.24) is 25.1 Å². The van der Waals surface area contributed by atoms with Crippen molar-refractivity contribution in [3.8, 4) is 5.75 Å². The second-order valence-corrected chi connectivity index (χ2v) is 11.5. The van der Waals surface area contributed by atoms with Crippen LogP contribution < -0.4 is 26.4 Å². The van der Waals surface area contributed by atoms with E-state index in [1.54, 1.807) is 32.2 Å². The van der Waals surface area contributed by atoms with E-state index in [-0.39, 0.29) is 29.4 Å². The van der Waals surface area contributed by atoms with E-state index in [0.717, 1.165) is 12.8 Å². The minimum absolute atomic E-state index is 0.0528. The van der Waals surface area contributed by atoms with Gasteiger partial charge in [-0.15, -0.1) is 0 Å². The van der Waals surface area contributed by atoms with E-state index in [9.17, 15) is 18.8 Å². The number of hydrogen-bond donors (Lipinski definition) is 4. The number of amides is 3. The van der Waals surface area contributed by atoms with Gasteiger partial charge in [0.25, 0.3) is 5.91 Å². The van der Waals surface area contributed by atoms with Gasteiger partial charge in [0, 0.05) is 70.3 Å². The molecule has 3 heterocycles. The molecule has 0 radical (unpaired) electrons. The smallest absolute Gasteiger partial charge is 0.271 e. The minimum atomic E-state index is -0.788. The third-order valence-corrected chi connectivity index (χ3v) is 7.93. The number of carbonyl (C=O) groups is 3. The lowest BCUT2D eigenvalue weighted by Crippen LogP contribution is -2.48. The summed E-state index contributed by atoms with van der Waals surface area (Å²) in [6.07, 6.45) is 5.14. The molecule has 2 saturated heterocycles. The Morgan fingerprint density at radius 2 is 1.98 bits per heavy atom. The van der Waals surface area contributed by atoms with Crippen LogP contribution in [0.2, 0.25) is 0 Å². The summed E-state index contributed by atoms with van der Waals surface area (Å²) in [5.41, 5.74) is 7.00. The molecule has 3 amide bonds. The van der Waals surface area contributed by atoms with E-state index in [1.165, 1.54) is 11.0 Å². The first-order valence-electron chi connectivity index (χ1n) is 15.8. The van der Waals surface area contributed by atoms with Gasteiger partial charge in [0.1, 0.15) is 18.0 Å². The fourth-order valence-corrected chi connectivity index (χ4v) is 4.99. The van der Waals surface area contributed by atoms with E-state index >= 15 is 0 Å². The highest BCUT2D eigenvalue weighted by molar-refractivity contribution is 5.96. The predicted octanol–water partition coefficient (Wildman–Crippen LogP) is 2.41. The first-order valence-corrected chi connectivity index (χ1v) is 15.8. The third kappa shape index (κ3) is 9.85. The lowest BCUT2D eigenvalue weighted by molar-refractivity contribution is -0.135. The molecule has 0 unspecified atom stereocenters. The van der Waals surface area contributed by atoms with Gasteiger partial charge in [-0.05, 0) is 44.7 Å². The number of primary amides is 1. The molecule has 5 N–H and O–H groups in total. The molecule has 1 aromatic carbocycles. The molecule has 1 aromatic heterocycles. The van der Waals surface area contributed by atoms with Crippen molar-refractivity contribution in [3.05, 3.63) is 47.8 Å². The lowest BCUT2D eigenvalue weighted by Gasteiger charge is -2.33. The Labute approximate surface area is 269 Å². The summed E-state index contributed by atoms with van der Waals surface area (Å²) in [5, 5.41) is 9.45. The number of alkyl halides is 1. The average molecular weight is 641 g/mol. The zero-order valence-corrected chi connectivity index (χ0v) is 26.8. The van der Waals surface area contributed by atoms with Crippen LogP contribution in [-0.4, -0.2) is 109 Å². The Bertz CT molecular complexity index is 1380. The highest BCUT2D eigenvalue weighted by Gasteiger charge is 2.25. The number of likely N-dealkylation sites (tertiary alicyclic amines) is 1. The second-order valence-electron chi connectivity index (χ2n) is 11.5. The maximum atomic E-state index is 12.9. The number of nitrogens with one attached hydrogen (secondary N) is 3. The van der Waals surface area contributed by atoms with Crippen LogP contribution in [0.5, 0.6) is 5.75 Å². The molecule has 0 spiro atoms. The number of ether oxygens (including phenoxy) is 2. The molecule has 13 nitrogen and oxygen atoms in total. The van der Waals surface area contributed by atoms with Crippen molar-refractivity contribution in [2.45, 2.75) is 57.8 Å². The normalized spacial score (nSPS) is 16.4. The van der Waals surface area contributed by atoms with E-state index in [1.807, 2.05) is 24.0 Å². The lowest BCUT2D eigenvalue weighted by atomic mass is 10.1. The van der Waals surface area contributed by atoms with Gasteiger partial charge in [0.2, 0.25) is 11.8 Å². The zero-order chi connectivity index (χ0) is 33.1. The first-order chi connectivity index (χ1) is 22.1. The van der Waals surface area contributed by atoms with Crippen LogP contribution in [0.1, 0.15) is 49.3 Å². The van der Waals surface area contributed by atoms with Crippen molar-refractivity contribution >= 4 is 35.0 Å². The third-order valence-electron chi connectivity index (χ3n) is 7.93. The SMILES string of the molecule is CCc1nc(C(N)=O)c(Nc2cccc(OCCCNC(=O)[C@H](C)N(C)C(=O)/C=C/CN3CC(F)C3)c2)nc1NC1CCOCC1. The van der Waals surface area contributed by atoms with E-state index in [4.69, 9.17) is 20.2 Å². The van der Waals surface area contributed by atoms with Crippen LogP contribution in [0.15, 0.2) is 36.4 Å². The second kappa shape index (κ2) is 16.9. The molecular weight excluding hydrogens is 595 g/mol. The van der Waals surface area contributed by atoms with Crippen molar-refractivity contribution in [3.63, 3.8) is 0 Å². The van der Waals surface area contributed by atoms with Gasteiger partial charge >= 0.3 is 0 Å². The number of aromatic nitrogens is 2. The number of benzene rings is 1. The average Bonchev–Trinajstić information content (AvgIpc) is 3.03. The molecule has 0 bridgehead atoms. The van der Waals surface area contributed by atoms with Crippen molar-refractivity contribution < 1.29 is 28.2 Å². The van der Waals surface area contributed by atoms with Gasteiger partial charge in [-0.2, -0.15) is 0 Å². The Hall–Kier alpha value is -4.30. The molecule has 2 aromatic rings. The number of carbonyl (C=O) groups excluding carboxylic acids is 3. The monoisotopic (exact) mass is 640 g/mol. The Balaban J connectivity index is 1.25. The summed E-state index contributed by atoms with van der Waals surface area (Å²) in [6.45, 7) is 6.93. The van der Waals surface area contributed by atoms with E-state index < -0.39 is 18.1 Å². The van der Waals surface area contributed by atoms with Crippen molar-refractivity contribution in [2.24, 2.45) is 5.73 Å². The summed E-state index contributed by atoms with van der Waals surface area (Å²) in [4.78, 5) is 49.7. The maximum absolute atomic E-state index is 12.9. The highest BCUT2D eigenvalue weighted by Crippen LogP contribution is 2.26. The summed E-state index contributed by atoms with van der Waals surface area (Å²) in [6, 6.07) is 6.74. The van der Waals surface area contributed by atoms with Gasteiger partial charge in [-0.1, -0.05) is 19.1 Å². The molecule has 46 heavy (non-hydrogen) atoms. The molecule has 2 aliphatic rings. The molecule has 4 rings (SSSR count). The topological polar surface area (TPSA) is 164 Å². The molecule has 2 fully saturated rings. The quantitative estimate of drug-likeness (QED) is 0.158. The molecule has 250 valence electrons.